The second-order valence-electron chi connectivity index (χ2n) is 11.6. The summed E-state index contributed by atoms with van der Waals surface area (Å²) in [4.78, 5) is 80.8. The summed E-state index contributed by atoms with van der Waals surface area (Å²) < 4.78 is 5.51. The normalized spacial score (nSPS) is 24.1. The fraction of sp³-hybridized carbons (Fsp3) is 0.438. The summed E-state index contributed by atoms with van der Waals surface area (Å²) in [5, 5.41) is 2.21. The standard InChI is InChI=1S/C32H34N4O7/c37-27-13-12-26(28(38)33-27)36-30(40)24-11-10-23(18-25(24)31(36)41)34-14-16-35(17-15-34)29(39)21-6-8-22(9-7-21)32(42)43-19-20-4-2-1-3-5-20/h1-5,10-11,18,21-22,26H,6-9,12-17,19H2,(H,33,37,38)/t21-,22-,26?. The Morgan fingerprint density at radius 2 is 1.47 bits per heavy atom. The zero-order chi connectivity index (χ0) is 30.1. The first-order chi connectivity index (χ1) is 20.8. The number of carbonyl (C=O) groups is 6. The van der Waals surface area contributed by atoms with Crippen LogP contribution in [0.2, 0.25) is 0 Å². The molecule has 0 aromatic heterocycles. The zero-order valence-electron chi connectivity index (χ0n) is 23.8. The lowest BCUT2D eigenvalue weighted by Gasteiger charge is -2.38. The van der Waals surface area contributed by atoms with Gasteiger partial charge in [-0.15, -0.1) is 0 Å². The number of hydrogen-bond donors (Lipinski definition) is 1. The molecule has 2 saturated heterocycles. The maximum atomic E-state index is 13.3. The molecule has 1 N–H and O–H groups in total. The van der Waals surface area contributed by atoms with E-state index in [0.717, 1.165) is 16.2 Å². The van der Waals surface area contributed by atoms with Crippen LogP contribution in [0, 0.1) is 11.8 Å². The van der Waals surface area contributed by atoms with E-state index in [2.05, 4.69) is 10.2 Å². The van der Waals surface area contributed by atoms with Gasteiger partial charge in [0.05, 0.1) is 17.0 Å². The third-order valence-electron chi connectivity index (χ3n) is 9.01. The number of anilines is 1. The average Bonchev–Trinajstić information content (AvgIpc) is 3.28. The Labute approximate surface area is 249 Å². The van der Waals surface area contributed by atoms with Gasteiger partial charge in [0, 0.05) is 44.2 Å². The molecule has 5 amide bonds. The smallest absolute Gasteiger partial charge is 0.309 e. The minimum Gasteiger partial charge on any atom is -0.461 e. The predicted octanol–water partition coefficient (Wildman–Crippen LogP) is 2.29. The molecule has 1 saturated carbocycles. The lowest BCUT2D eigenvalue weighted by molar-refractivity contribution is -0.152. The molecule has 4 aliphatic rings. The van der Waals surface area contributed by atoms with E-state index in [1.54, 1.807) is 18.2 Å². The van der Waals surface area contributed by atoms with Gasteiger partial charge in [0.2, 0.25) is 17.7 Å². The molecule has 2 aromatic carbocycles. The molecular weight excluding hydrogens is 552 g/mol. The third-order valence-corrected chi connectivity index (χ3v) is 9.01. The molecule has 2 aromatic rings. The predicted molar refractivity (Wildman–Crippen MR) is 154 cm³/mol. The number of fused-ring (bicyclic) bond motifs is 1. The summed E-state index contributed by atoms with van der Waals surface area (Å²) >= 11 is 0. The van der Waals surface area contributed by atoms with Crippen LogP contribution in [0.1, 0.15) is 64.8 Å². The number of nitrogens with zero attached hydrogens (tertiary/aromatic N) is 3. The van der Waals surface area contributed by atoms with Crippen molar-refractivity contribution < 1.29 is 33.5 Å². The number of amides is 5. The maximum absolute atomic E-state index is 13.3. The van der Waals surface area contributed by atoms with Gasteiger partial charge in [-0.3, -0.25) is 39.0 Å². The second kappa shape index (κ2) is 12.0. The lowest BCUT2D eigenvalue weighted by atomic mass is 9.81. The van der Waals surface area contributed by atoms with Crippen molar-refractivity contribution in [2.24, 2.45) is 11.8 Å². The van der Waals surface area contributed by atoms with Crippen molar-refractivity contribution in [3.8, 4) is 0 Å². The van der Waals surface area contributed by atoms with Crippen molar-refractivity contribution >= 4 is 41.2 Å². The molecule has 43 heavy (non-hydrogen) atoms. The van der Waals surface area contributed by atoms with Gasteiger partial charge in [-0.25, -0.2) is 0 Å². The highest BCUT2D eigenvalue weighted by Gasteiger charge is 2.45. The number of rotatable bonds is 6. The van der Waals surface area contributed by atoms with Gasteiger partial charge in [0.1, 0.15) is 12.6 Å². The SMILES string of the molecule is O=C1CCC(N2C(=O)c3ccc(N4CCN(C(=O)[C@H]5CC[C@H](C(=O)OCc6ccccc6)CC5)CC4)cc3C2=O)C(=O)N1. The summed E-state index contributed by atoms with van der Waals surface area (Å²) in [6.45, 7) is 2.47. The number of piperidine rings is 1. The maximum Gasteiger partial charge on any atom is 0.309 e. The largest absolute Gasteiger partial charge is 0.461 e. The monoisotopic (exact) mass is 586 g/mol. The lowest BCUT2D eigenvalue weighted by Crippen LogP contribution is -2.54. The van der Waals surface area contributed by atoms with Crippen LogP contribution in [0.4, 0.5) is 5.69 Å². The van der Waals surface area contributed by atoms with Crippen molar-refractivity contribution in [1.82, 2.24) is 15.1 Å². The molecular formula is C32H34N4O7. The Morgan fingerprint density at radius 1 is 0.791 bits per heavy atom. The quantitative estimate of drug-likeness (QED) is 0.403. The third kappa shape index (κ3) is 5.76. The number of ether oxygens (including phenoxy) is 1. The van der Waals surface area contributed by atoms with Gasteiger partial charge < -0.3 is 14.5 Å². The highest BCUT2D eigenvalue weighted by Crippen LogP contribution is 2.33. The molecule has 11 nitrogen and oxygen atoms in total. The van der Waals surface area contributed by atoms with Gasteiger partial charge in [0.15, 0.2) is 0 Å². The fourth-order valence-corrected chi connectivity index (χ4v) is 6.52. The van der Waals surface area contributed by atoms with Gasteiger partial charge in [-0.05, 0) is 55.9 Å². The molecule has 1 atom stereocenters. The van der Waals surface area contributed by atoms with Crippen molar-refractivity contribution in [2.45, 2.75) is 51.2 Å². The molecule has 0 bridgehead atoms. The van der Waals surface area contributed by atoms with Crippen LogP contribution in [-0.4, -0.2) is 77.5 Å². The first-order valence-electron chi connectivity index (χ1n) is 14.9. The Morgan fingerprint density at radius 3 is 2.16 bits per heavy atom. The zero-order valence-corrected chi connectivity index (χ0v) is 23.8. The highest BCUT2D eigenvalue weighted by atomic mass is 16.5. The van der Waals surface area contributed by atoms with Crippen molar-refractivity contribution in [3.05, 3.63) is 65.2 Å². The van der Waals surface area contributed by atoms with Crippen LogP contribution in [0.15, 0.2) is 48.5 Å². The summed E-state index contributed by atoms with van der Waals surface area (Å²) in [5.41, 5.74) is 2.20. The molecule has 3 aliphatic heterocycles. The van der Waals surface area contributed by atoms with E-state index in [-0.39, 0.29) is 54.3 Å². The average molecular weight is 587 g/mol. The highest BCUT2D eigenvalue weighted by molar-refractivity contribution is 6.23. The topological polar surface area (TPSA) is 133 Å². The van der Waals surface area contributed by atoms with Crippen molar-refractivity contribution in [2.75, 3.05) is 31.1 Å². The second-order valence-corrected chi connectivity index (χ2v) is 11.6. The molecule has 3 heterocycles. The number of hydrogen-bond acceptors (Lipinski definition) is 8. The van der Waals surface area contributed by atoms with Crippen molar-refractivity contribution in [1.29, 1.82) is 0 Å². The van der Waals surface area contributed by atoms with Gasteiger partial charge in [0.25, 0.3) is 11.8 Å². The van der Waals surface area contributed by atoms with Crippen LogP contribution in [0.25, 0.3) is 0 Å². The first kappa shape index (κ1) is 28.6. The van der Waals surface area contributed by atoms with Gasteiger partial charge in [-0.2, -0.15) is 0 Å². The first-order valence-corrected chi connectivity index (χ1v) is 14.9. The minimum atomic E-state index is -1.00. The van der Waals surface area contributed by atoms with Gasteiger partial charge >= 0.3 is 5.97 Å². The number of imide groups is 2. The fourth-order valence-electron chi connectivity index (χ4n) is 6.52. The molecule has 0 radical (unpaired) electrons. The van der Waals surface area contributed by atoms with E-state index in [4.69, 9.17) is 4.74 Å². The van der Waals surface area contributed by atoms with Crippen LogP contribution < -0.4 is 10.2 Å². The van der Waals surface area contributed by atoms with E-state index in [1.165, 1.54) is 0 Å². The molecule has 0 spiro atoms. The van der Waals surface area contributed by atoms with Crippen LogP contribution in [-0.2, 0) is 30.5 Å². The molecule has 1 aliphatic carbocycles. The Kier molecular flexibility index (Phi) is 7.96. The van der Waals surface area contributed by atoms with Crippen molar-refractivity contribution in [3.63, 3.8) is 0 Å². The Hall–Kier alpha value is -4.54. The van der Waals surface area contributed by atoms with Crippen LogP contribution >= 0.6 is 0 Å². The Bertz CT molecular complexity index is 1460. The van der Waals surface area contributed by atoms with Crippen LogP contribution in [0.3, 0.4) is 0 Å². The summed E-state index contributed by atoms with van der Waals surface area (Å²) in [7, 11) is 0. The molecule has 11 heteroatoms. The molecule has 3 fully saturated rings. The molecule has 224 valence electrons. The number of piperazine rings is 1. The van der Waals surface area contributed by atoms with E-state index >= 15 is 0 Å². The molecule has 6 rings (SSSR count). The van der Waals surface area contributed by atoms with Crippen LogP contribution in [0.5, 0.6) is 0 Å². The Balaban J connectivity index is 0.999. The van der Waals surface area contributed by atoms with E-state index in [1.807, 2.05) is 35.2 Å². The van der Waals surface area contributed by atoms with E-state index in [9.17, 15) is 28.8 Å². The number of benzene rings is 2. The van der Waals surface area contributed by atoms with Gasteiger partial charge in [-0.1, -0.05) is 30.3 Å². The van der Waals surface area contributed by atoms with E-state index < -0.39 is 29.7 Å². The number of esters is 1. The minimum absolute atomic E-state index is 0.0702. The van der Waals surface area contributed by atoms with E-state index in [0.29, 0.717) is 51.9 Å². The summed E-state index contributed by atoms with van der Waals surface area (Å²) in [5.74, 6) is -2.48. The molecule has 1 unspecified atom stereocenters. The summed E-state index contributed by atoms with van der Waals surface area (Å²) in [6.07, 6.45) is 2.78. The number of nitrogens with one attached hydrogen (secondary N) is 1. The summed E-state index contributed by atoms with van der Waals surface area (Å²) in [6, 6.07) is 13.7. The number of carbonyl (C=O) groups excluding carboxylic acids is 6.